The minimum Gasteiger partial charge on any atom is -0.370 e. The Morgan fingerprint density at radius 3 is 2.57 bits per heavy atom. The third kappa shape index (κ3) is 3.38. The highest BCUT2D eigenvalue weighted by molar-refractivity contribution is 7.90. The van der Waals surface area contributed by atoms with Crippen molar-refractivity contribution in [1.82, 2.24) is 9.55 Å². The normalized spacial score (nSPS) is 10.8. The molecule has 0 bridgehead atoms. The number of guanidine groups is 1. The Morgan fingerprint density at radius 1 is 1.39 bits per heavy atom. The minimum absolute atomic E-state index is 0.0785. The van der Waals surface area contributed by atoms with Gasteiger partial charge in [-0.1, -0.05) is 5.92 Å². The molecule has 1 heterocycles. The SMILES string of the molecule is C#Cc1cc(-n2ccnc2)c(S(C)(=O)=O)cc1C(=O)N=C(N)N. The Hall–Kier alpha value is -3.12. The highest BCUT2D eigenvalue weighted by atomic mass is 32.2. The fraction of sp³-hybridized carbons (Fsp3) is 0.0714. The van der Waals surface area contributed by atoms with Crippen molar-refractivity contribution < 1.29 is 13.2 Å². The first-order valence-electron chi connectivity index (χ1n) is 6.21. The van der Waals surface area contributed by atoms with E-state index in [0.717, 1.165) is 12.3 Å². The van der Waals surface area contributed by atoms with Crippen LogP contribution in [0.15, 0.2) is 40.7 Å². The van der Waals surface area contributed by atoms with Gasteiger partial charge < -0.3 is 16.0 Å². The average molecular weight is 331 g/mol. The first-order valence-corrected chi connectivity index (χ1v) is 8.10. The second kappa shape index (κ2) is 5.94. The summed E-state index contributed by atoms with van der Waals surface area (Å²) in [6.45, 7) is 0. The number of hydrogen-bond donors (Lipinski definition) is 2. The van der Waals surface area contributed by atoms with Crippen LogP contribution in [0.25, 0.3) is 5.69 Å². The van der Waals surface area contributed by atoms with Crippen LogP contribution in [0, 0.1) is 12.3 Å². The van der Waals surface area contributed by atoms with E-state index in [0.29, 0.717) is 0 Å². The molecule has 2 aromatic rings. The molecule has 0 atom stereocenters. The number of terminal acetylenes is 1. The second-order valence-corrected chi connectivity index (χ2v) is 6.58. The maximum Gasteiger partial charge on any atom is 0.281 e. The molecule has 1 amide bonds. The molecule has 0 saturated heterocycles. The van der Waals surface area contributed by atoms with Gasteiger partial charge in [0.25, 0.3) is 5.91 Å². The first kappa shape index (κ1) is 16.3. The summed E-state index contributed by atoms with van der Waals surface area (Å²) in [5.74, 6) is 1.06. The van der Waals surface area contributed by atoms with Gasteiger partial charge in [0.05, 0.1) is 22.5 Å². The Kier molecular flexibility index (Phi) is 4.20. The summed E-state index contributed by atoms with van der Waals surface area (Å²) in [6, 6.07) is 2.56. The number of carbonyl (C=O) groups excluding carboxylic acids is 1. The topological polar surface area (TPSA) is 133 Å². The Labute approximate surface area is 132 Å². The lowest BCUT2D eigenvalue weighted by molar-refractivity contribution is 0.100. The van der Waals surface area contributed by atoms with E-state index in [9.17, 15) is 13.2 Å². The molecule has 0 aliphatic heterocycles. The molecule has 0 unspecified atom stereocenters. The fourth-order valence-corrected chi connectivity index (χ4v) is 2.82. The van der Waals surface area contributed by atoms with Crippen molar-refractivity contribution in [1.29, 1.82) is 0 Å². The van der Waals surface area contributed by atoms with Crippen LogP contribution < -0.4 is 11.5 Å². The monoisotopic (exact) mass is 331 g/mol. The lowest BCUT2D eigenvalue weighted by Gasteiger charge is -2.12. The maximum absolute atomic E-state index is 12.1. The summed E-state index contributed by atoms with van der Waals surface area (Å²) in [4.78, 5) is 19.2. The Balaban J connectivity index is 2.81. The molecule has 8 nitrogen and oxygen atoms in total. The zero-order valence-corrected chi connectivity index (χ0v) is 12.9. The summed E-state index contributed by atoms with van der Waals surface area (Å²) in [7, 11) is -3.65. The van der Waals surface area contributed by atoms with Crippen molar-refractivity contribution in [2.45, 2.75) is 4.90 Å². The molecule has 0 fully saturated rings. The van der Waals surface area contributed by atoms with Crippen LogP contribution in [0.3, 0.4) is 0 Å². The van der Waals surface area contributed by atoms with Gasteiger partial charge in [0.2, 0.25) is 0 Å². The van der Waals surface area contributed by atoms with Gasteiger partial charge in [-0.15, -0.1) is 6.42 Å². The van der Waals surface area contributed by atoms with E-state index in [2.05, 4.69) is 15.9 Å². The summed E-state index contributed by atoms with van der Waals surface area (Å²) in [5, 5.41) is 0. The lowest BCUT2D eigenvalue weighted by Crippen LogP contribution is -2.24. The summed E-state index contributed by atoms with van der Waals surface area (Å²) >= 11 is 0. The van der Waals surface area contributed by atoms with Crippen LogP contribution >= 0.6 is 0 Å². The zero-order valence-electron chi connectivity index (χ0n) is 12.1. The van der Waals surface area contributed by atoms with Gasteiger partial charge in [-0.3, -0.25) is 4.79 Å². The largest absolute Gasteiger partial charge is 0.370 e. The fourth-order valence-electron chi connectivity index (χ4n) is 1.94. The second-order valence-electron chi connectivity index (χ2n) is 4.59. The standard InChI is InChI=1S/C14H13N5O3S/c1-3-9-6-11(19-5-4-17-8-19)12(23(2,21)22)7-10(9)13(20)18-14(15)16/h1,4-8H,2H3,(H4,15,16,18,20). The lowest BCUT2D eigenvalue weighted by atomic mass is 10.1. The van der Waals surface area contributed by atoms with Crippen LogP contribution in [-0.4, -0.2) is 36.1 Å². The molecule has 9 heteroatoms. The van der Waals surface area contributed by atoms with Crippen molar-refractivity contribution in [2.24, 2.45) is 16.5 Å². The van der Waals surface area contributed by atoms with Crippen LogP contribution in [0.4, 0.5) is 0 Å². The molecule has 23 heavy (non-hydrogen) atoms. The van der Waals surface area contributed by atoms with Gasteiger partial charge in [-0.25, -0.2) is 13.4 Å². The predicted molar refractivity (Wildman–Crippen MR) is 84.7 cm³/mol. The van der Waals surface area contributed by atoms with Crippen molar-refractivity contribution >= 4 is 21.7 Å². The van der Waals surface area contributed by atoms with Crippen LogP contribution in [0.1, 0.15) is 15.9 Å². The first-order chi connectivity index (χ1) is 10.7. The maximum atomic E-state index is 12.1. The van der Waals surface area contributed by atoms with E-state index >= 15 is 0 Å². The Bertz CT molecular complexity index is 934. The predicted octanol–water partition coefficient (Wildman–Crippen LogP) is -0.329. The number of aromatic nitrogens is 2. The van der Waals surface area contributed by atoms with Gasteiger partial charge in [-0.2, -0.15) is 4.99 Å². The quantitative estimate of drug-likeness (QED) is 0.449. The van der Waals surface area contributed by atoms with Crippen molar-refractivity contribution in [3.05, 3.63) is 42.0 Å². The summed E-state index contributed by atoms with van der Waals surface area (Å²) in [5.41, 5.74) is 10.7. The zero-order chi connectivity index (χ0) is 17.2. The number of amides is 1. The molecule has 0 aliphatic rings. The van der Waals surface area contributed by atoms with Gasteiger partial charge in [0.1, 0.15) is 0 Å². The number of aliphatic imine (C=N–C) groups is 1. The molecule has 0 spiro atoms. The third-order valence-corrected chi connectivity index (χ3v) is 4.02. The minimum atomic E-state index is -3.65. The number of imidazole rings is 1. The molecular formula is C14H13N5O3S. The van der Waals surface area contributed by atoms with Gasteiger partial charge in [-0.05, 0) is 12.1 Å². The number of hydrogen-bond acceptors (Lipinski definition) is 4. The van der Waals surface area contributed by atoms with E-state index in [1.54, 1.807) is 6.20 Å². The molecule has 0 radical (unpaired) electrons. The molecule has 0 aliphatic carbocycles. The number of carbonyl (C=O) groups is 1. The van der Waals surface area contributed by atoms with E-state index in [-0.39, 0.29) is 21.7 Å². The van der Waals surface area contributed by atoms with Crippen LogP contribution in [0.2, 0.25) is 0 Å². The van der Waals surface area contributed by atoms with Crippen LogP contribution in [0.5, 0.6) is 0 Å². The number of nitrogens with two attached hydrogens (primary N) is 2. The van der Waals surface area contributed by atoms with Crippen molar-refractivity contribution in [3.8, 4) is 18.0 Å². The molecule has 1 aromatic heterocycles. The molecular weight excluding hydrogens is 318 g/mol. The molecule has 0 saturated carbocycles. The Morgan fingerprint density at radius 2 is 2.09 bits per heavy atom. The number of sulfone groups is 1. The van der Waals surface area contributed by atoms with E-state index in [1.165, 1.54) is 23.2 Å². The number of benzene rings is 1. The molecule has 2 rings (SSSR count). The molecule has 4 N–H and O–H groups in total. The summed E-state index contributed by atoms with van der Waals surface area (Å²) < 4.78 is 25.6. The van der Waals surface area contributed by atoms with E-state index in [4.69, 9.17) is 17.9 Å². The highest BCUT2D eigenvalue weighted by Gasteiger charge is 2.21. The van der Waals surface area contributed by atoms with E-state index in [1.807, 2.05) is 0 Å². The summed E-state index contributed by atoms with van der Waals surface area (Å²) in [6.07, 6.45) is 10.9. The van der Waals surface area contributed by atoms with Crippen LogP contribution in [-0.2, 0) is 9.84 Å². The van der Waals surface area contributed by atoms with Crippen molar-refractivity contribution in [3.63, 3.8) is 0 Å². The average Bonchev–Trinajstić information content (AvgIpc) is 2.98. The van der Waals surface area contributed by atoms with Gasteiger partial charge in [0, 0.05) is 24.2 Å². The van der Waals surface area contributed by atoms with Crippen molar-refractivity contribution in [2.75, 3.05) is 6.26 Å². The number of rotatable bonds is 3. The molecule has 118 valence electrons. The third-order valence-electron chi connectivity index (χ3n) is 2.90. The highest BCUT2D eigenvalue weighted by Crippen LogP contribution is 2.25. The molecule has 1 aromatic carbocycles. The number of nitrogens with zero attached hydrogens (tertiary/aromatic N) is 3. The smallest absolute Gasteiger partial charge is 0.281 e. The van der Waals surface area contributed by atoms with E-state index < -0.39 is 21.7 Å². The van der Waals surface area contributed by atoms with Gasteiger partial charge in [0.15, 0.2) is 15.8 Å². The van der Waals surface area contributed by atoms with Gasteiger partial charge >= 0.3 is 0 Å².